The van der Waals surface area contributed by atoms with Gasteiger partial charge in [-0.25, -0.2) is 0 Å². The summed E-state index contributed by atoms with van der Waals surface area (Å²) >= 11 is 0. The zero-order valence-electron chi connectivity index (χ0n) is 15.6. The maximum absolute atomic E-state index is 12.8. The lowest BCUT2D eigenvalue weighted by Gasteiger charge is -2.73. The molecule has 0 unspecified atom stereocenters. The summed E-state index contributed by atoms with van der Waals surface area (Å²) in [4.78, 5) is 24.7. The number of carbonyl (C=O) groups excluding carboxylic acids is 1. The lowest BCUT2D eigenvalue weighted by atomic mass is 9.32. The fourth-order valence-corrected chi connectivity index (χ4v) is 7.73. The Morgan fingerprint density at radius 3 is 1.68 bits per heavy atom. The maximum Gasteiger partial charge on any atom is 0.312 e. The average molecular weight is 346 g/mol. The summed E-state index contributed by atoms with van der Waals surface area (Å²) in [5.74, 6) is 2.91. The Balaban J connectivity index is 1.44. The van der Waals surface area contributed by atoms with Gasteiger partial charge in [-0.2, -0.15) is 0 Å². The monoisotopic (exact) mass is 346 g/mol. The van der Waals surface area contributed by atoms with Gasteiger partial charge in [-0.05, 0) is 94.3 Å². The van der Waals surface area contributed by atoms with E-state index in [1.54, 1.807) is 0 Å². The van der Waals surface area contributed by atoms with Crippen molar-refractivity contribution in [1.82, 2.24) is 0 Å². The first kappa shape index (κ1) is 16.1. The van der Waals surface area contributed by atoms with Crippen molar-refractivity contribution in [1.29, 1.82) is 0 Å². The smallest absolute Gasteiger partial charge is 0.312 e. The topological polar surface area (TPSA) is 63.6 Å². The zero-order valence-corrected chi connectivity index (χ0v) is 15.6. The molecule has 138 valence electrons. The van der Waals surface area contributed by atoms with Crippen molar-refractivity contribution >= 4 is 11.9 Å². The van der Waals surface area contributed by atoms with Gasteiger partial charge in [0, 0.05) is 0 Å². The fraction of sp³-hybridized carbons (Fsp3) is 0.905. The molecule has 0 spiro atoms. The van der Waals surface area contributed by atoms with E-state index in [1.165, 1.54) is 0 Å². The van der Waals surface area contributed by atoms with Crippen LogP contribution in [0.4, 0.5) is 0 Å². The van der Waals surface area contributed by atoms with Crippen LogP contribution in [0.2, 0.25) is 0 Å². The summed E-state index contributed by atoms with van der Waals surface area (Å²) in [5.41, 5.74) is -1.08. The van der Waals surface area contributed by atoms with Crippen LogP contribution in [-0.2, 0) is 14.3 Å². The Kier molecular flexibility index (Phi) is 2.98. The van der Waals surface area contributed by atoms with Gasteiger partial charge in [0.2, 0.25) is 0 Å². The molecule has 4 nitrogen and oxygen atoms in total. The predicted molar refractivity (Wildman–Crippen MR) is 91.6 cm³/mol. The van der Waals surface area contributed by atoms with Crippen LogP contribution in [0.5, 0.6) is 0 Å². The molecule has 0 aromatic carbocycles. The van der Waals surface area contributed by atoms with Crippen LogP contribution in [0, 0.1) is 46.3 Å². The van der Waals surface area contributed by atoms with Gasteiger partial charge in [0.25, 0.3) is 0 Å². The first-order valence-electron chi connectivity index (χ1n) is 10.2. The van der Waals surface area contributed by atoms with E-state index >= 15 is 0 Å². The summed E-state index contributed by atoms with van der Waals surface area (Å²) in [6.45, 7) is 6.01. The van der Waals surface area contributed by atoms with E-state index in [4.69, 9.17) is 4.74 Å². The van der Waals surface area contributed by atoms with Gasteiger partial charge in [0.15, 0.2) is 0 Å². The van der Waals surface area contributed by atoms with Crippen molar-refractivity contribution in [3.8, 4) is 0 Å². The van der Waals surface area contributed by atoms with E-state index in [-0.39, 0.29) is 11.6 Å². The van der Waals surface area contributed by atoms with E-state index in [9.17, 15) is 14.7 Å². The molecule has 0 radical (unpaired) electrons. The SMILES string of the molecule is CCC(C)(C)C(=O)OC12CC3C4CC5(C(=O)O)CC3C(C1)C(C5)C4C2. The molecular formula is C21H30O4. The third-order valence-electron chi connectivity index (χ3n) is 9.20. The van der Waals surface area contributed by atoms with E-state index in [2.05, 4.69) is 0 Å². The molecule has 7 rings (SSSR count). The second kappa shape index (κ2) is 4.61. The van der Waals surface area contributed by atoms with Crippen LogP contribution in [0.15, 0.2) is 0 Å². The van der Waals surface area contributed by atoms with E-state index in [0.29, 0.717) is 35.5 Å². The average Bonchev–Trinajstić information content (AvgIpc) is 2.58. The molecule has 0 aromatic heterocycles. The Hall–Kier alpha value is -1.06. The van der Waals surface area contributed by atoms with Gasteiger partial charge < -0.3 is 9.84 Å². The highest BCUT2D eigenvalue weighted by Gasteiger charge is 2.72. The normalized spacial score (nSPS) is 51.8. The zero-order chi connectivity index (χ0) is 17.8. The number of rotatable bonds is 4. The Labute approximate surface area is 149 Å². The van der Waals surface area contributed by atoms with Crippen LogP contribution in [0.1, 0.15) is 65.7 Å². The molecule has 7 aliphatic carbocycles. The molecule has 0 aromatic rings. The molecule has 0 atom stereocenters. The minimum atomic E-state index is -0.550. The number of ether oxygens (including phenoxy) is 1. The van der Waals surface area contributed by atoms with Gasteiger partial charge >= 0.3 is 11.9 Å². The molecule has 8 bridgehead atoms. The minimum Gasteiger partial charge on any atom is -0.481 e. The summed E-state index contributed by atoms with van der Waals surface area (Å²) in [6, 6.07) is 0. The van der Waals surface area contributed by atoms with Crippen LogP contribution in [0.3, 0.4) is 0 Å². The first-order chi connectivity index (χ1) is 11.7. The third-order valence-corrected chi connectivity index (χ3v) is 9.20. The number of hydrogen-bond donors (Lipinski definition) is 1. The quantitative estimate of drug-likeness (QED) is 0.785. The highest BCUT2D eigenvalue weighted by atomic mass is 16.6. The van der Waals surface area contributed by atoms with Crippen LogP contribution >= 0.6 is 0 Å². The highest BCUT2D eigenvalue weighted by Crippen LogP contribution is 2.75. The third kappa shape index (κ3) is 1.89. The molecule has 7 saturated carbocycles. The first-order valence-corrected chi connectivity index (χ1v) is 10.2. The van der Waals surface area contributed by atoms with Gasteiger partial charge in [0.05, 0.1) is 10.8 Å². The van der Waals surface area contributed by atoms with E-state index < -0.39 is 16.8 Å². The molecule has 7 fully saturated rings. The van der Waals surface area contributed by atoms with Gasteiger partial charge in [-0.1, -0.05) is 6.92 Å². The van der Waals surface area contributed by atoms with Gasteiger partial charge in [-0.3, -0.25) is 9.59 Å². The highest BCUT2D eigenvalue weighted by molar-refractivity contribution is 5.77. The molecule has 0 amide bonds. The molecule has 0 heterocycles. The lowest BCUT2D eigenvalue weighted by molar-refractivity contribution is -0.281. The van der Waals surface area contributed by atoms with Gasteiger partial charge in [0.1, 0.15) is 5.60 Å². The van der Waals surface area contributed by atoms with Crippen LogP contribution in [-0.4, -0.2) is 22.6 Å². The second-order valence-corrected chi connectivity index (χ2v) is 10.6. The molecule has 25 heavy (non-hydrogen) atoms. The molecule has 1 N–H and O–H groups in total. The number of carboxylic acid groups (broad SMARTS) is 1. The number of aliphatic carboxylic acids is 1. The van der Waals surface area contributed by atoms with E-state index in [0.717, 1.165) is 44.9 Å². The minimum absolute atomic E-state index is 0.0319. The van der Waals surface area contributed by atoms with Crippen molar-refractivity contribution < 1.29 is 19.4 Å². The maximum atomic E-state index is 12.8. The number of hydrogen-bond acceptors (Lipinski definition) is 3. The Morgan fingerprint density at radius 2 is 1.32 bits per heavy atom. The summed E-state index contributed by atoms with van der Waals surface area (Å²) in [5, 5.41) is 9.86. The van der Waals surface area contributed by atoms with Crippen molar-refractivity contribution in [3.63, 3.8) is 0 Å². The predicted octanol–water partition coefficient (Wildman–Crippen LogP) is 3.88. The molecular weight excluding hydrogens is 316 g/mol. The van der Waals surface area contributed by atoms with Crippen molar-refractivity contribution in [2.45, 2.75) is 71.3 Å². The standard InChI is InChI=1S/C21H30O4/c1-4-19(2,3)18(24)25-21-8-14-11-5-20(17(22)23)6-12(14)16(10-21)13(7-20)15(11)9-21/h11-16H,4-10H2,1-3H3,(H,22,23). The summed E-state index contributed by atoms with van der Waals surface area (Å²) in [7, 11) is 0. The van der Waals surface area contributed by atoms with Crippen LogP contribution in [0.25, 0.3) is 0 Å². The molecule has 0 aliphatic heterocycles. The summed E-state index contributed by atoms with van der Waals surface area (Å²) < 4.78 is 6.25. The van der Waals surface area contributed by atoms with Gasteiger partial charge in [-0.15, -0.1) is 0 Å². The largest absolute Gasteiger partial charge is 0.481 e. The fourth-order valence-electron chi connectivity index (χ4n) is 7.73. The molecule has 7 aliphatic rings. The summed E-state index contributed by atoms with van der Waals surface area (Å²) in [6.07, 6.45) is 6.40. The number of carbonyl (C=O) groups is 2. The van der Waals surface area contributed by atoms with E-state index in [1.807, 2.05) is 20.8 Å². The Bertz CT molecular complexity index is 585. The van der Waals surface area contributed by atoms with Crippen LogP contribution < -0.4 is 0 Å². The van der Waals surface area contributed by atoms with Crippen molar-refractivity contribution in [2.75, 3.05) is 0 Å². The molecule has 0 saturated heterocycles. The number of esters is 1. The Morgan fingerprint density at radius 1 is 0.920 bits per heavy atom. The molecule has 4 heteroatoms. The second-order valence-electron chi connectivity index (χ2n) is 10.6. The van der Waals surface area contributed by atoms with Crippen molar-refractivity contribution in [3.05, 3.63) is 0 Å². The lowest BCUT2D eigenvalue weighted by Crippen LogP contribution is -2.71. The number of carboxylic acids is 1. The van der Waals surface area contributed by atoms with Crippen molar-refractivity contribution in [2.24, 2.45) is 46.3 Å².